The van der Waals surface area contributed by atoms with Crippen molar-refractivity contribution in [2.75, 3.05) is 38.2 Å². The number of piperidine rings is 1. The number of carbonyl (C=O) groups excluding carboxylic acids is 1. The fourth-order valence-electron chi connectivity index (χ4n) is 3.50. The number of anilines is 1. The highest BCUT2D eigenvalue weighted by Crippen LogP contribution is 2.31. The predicted octanol–water partition coefficient (Wildman–Crippen LogP) is 3.91. The molecule has 4 rings (SSSR count). The molecular weight excluding hydrogens is 380 g/mol. The van der Waals surface area contributed by atoms with E-state index in [-0.39, 0.29) is 5.91 Å². The first-order chi connectivity index (χ1) is 13.6. The van der Waals surface area contributed by atoms with Crippen molar-refractivity contribution in [2.45, 2.75) is 18.6 Å². The third-order valence-electron chi connectivity index (χ3n) is 5.00. The number of halogens is 1. The van der Waals surface area contributed by atoms with Crippen molar-refractivity contribution >= 4 is 23.2 Å². The van der Waals surface area contributed by atoms with Gasteiger partial charge in [0, 0.05) is 31.6 Å². The lowest BCUT2D eigenvalue weighted by Gasteiger charge is -2.37. The summed E-state index contributed by atoms with van der Waals surface area (Å²) in [6.45, 7) is 3.26. The Hall–Kier alpha value is -2.12. The molecule has 0 unspecified atom stereocenters. The number of hydrogen-bond acceptors (Lipinski definition) is 5. The van der Waals surface area contributed by atoms with E-state index in [0.717, 1.165) is 31.6 Å². The molecule has 7 heteroatoms. The van der Waals surface area contributed by atoms with Gasteiger partial charge >= 0.3 is 0 Å². The fraction of sp³-hybridized carbons (Fsp3) is 0.381. The molecule has 0 saturated carbocycles. The summed E-state index contributed by atoms with van der Waals surface area (Å²) in [4.78, 5) is 14.5. The molecule has 0 aromatic heterocycles. The summed E-state index contributed by atoms with van der Waals surface area (Å²) < 4.78 is 17.2. The molecule has 2 fully saturated rings. The lowest BCUT2D eigenvalue weighted by atomic mass is 10.0. The molecular formula is C21H23ClN2O4. The van der Waals surface area contributed by atoms with Gasteiger partial charge in [0.2, 0.25) is 5.91 Å². The molecule has 2 saturated heterocycles. The Kier molecular flexibility index (Phi) is 5.82. The van der Waals surface area contributed by atoms with Crippen LogP contribution in [0.4, 0.5) is 5.69 Å². The number of likely N-dealkylation sites (tertiary alicyclic amines) is 1. The highest BCUT2D eigenvalue weighted by Gasteiger charge is 2.39. The second-order valence-electron chi connectivity index (χ2n) is 6.99. The van der Waals surface area contributed by atoms with Crippen LogP contribution in [-0.4, -0.2) is 49.4 Å². The fourth-order valence-corrected chi connectivity index (χ4v) is 3.68. The number of hydrogen-bond donors (Lipinski definition) is 1. The lowest BCUT2D eigenvalue weighted by molar-refractivity contribution is -0.185. The van der Waals surface area contributed by atoms with Crippen molar-refractivity contribution in [3.8, 4) is 11.5 Å². The first-order valence-electron chi connectivity index (χ1n) is 9.45. The van der Waals surface area contributed by atoms with Crippen molar-refractivity contribution < 1.29 is 19.0 Å². The number of carbonyl (C=O) groups is 1. The number of nitrogens with one attached hydrogen (secondary N) is 1. The van der Waals surface area contributed by atoms with Crippen molar-refractivity contribution in [1.29, 1.82) is 0 Å². The molecule has 2 aliphatic heterocycles. The number of nitrogens with zero attached hydrogens (tertiary/aromatic N) is 1. The van der Waals surface area contributed by atoms with Crippen LogP contribution in [0.5, 0.6) is 11.5 Å². The Morgan fingerprint density at radius 1 is 1.07 bits per heavy atom. The van der Waals surface area contributed by atoms with Crippen LogP contribution in [0.25, 0.3) is 0 Å². The molecule has 0 bridgehead atoms. The minimum Gasteiger partial charge on any atom is -0.456 e. The molecule has 2 aromatic rings. The van der Waals surface area contributed by atoms with Crippen LogP contribution in [0.1, 0.15) is 12.8 Å². The second-order valence-corrected chi connectivity index (χ2v) is 7.40. The maximum absolute atomic E-state index is 12.4. The Morgan fingerprint density at radius 3 is 2.43 bits per heavy atom. The molecule has 0 aliphatic carbocycles. The summed E-state index contributed by atoms with van der Waals surface area (Å²) in [6.07, 6.45) is 1.60. The maximum atomic E-state index is 12.4. The molecule has 2 heterocycles. The smallest absolute Gasteiger partial charge is 0.238 e. The van der Waals surface area contributed by atoms with Gasteiger partial charge in [-0.3, -0.25) is 9.69 Å². The minimum atomic E-state index is -0.412. The topological polar surface area (TPSA) is 60.0 Å². The Bertz CT molecular complexity index is 811. The summed E-state index contributed by atoms with van der Waals surface area (Å²) >= 11 is 6.10. The van der Waals surface area contributed by atoms with Crippen molar-refractivity contribution in [3.05, 3.63) is 53.6 Å². The minimum absolute atomic E-state index is 0.0380. The van der Waals surface area contributed by atoms with E-state index in [0.29, 0.717) is 36.3 Å². The highest BCUT2D eigenvalue weighted by atomic mass is 35.5. The summed E-state index contributed by atoms with van der Waals surface area (Å²) in [7, 11) is 0. The normalized spacial score (nSPS) is 18.9. The molecule has 2 aliphatic rings. The van der Waals surface area contributed by atoms with Crippen LogP contribution >= 0.6 is 11.6 Å². The van der Waals surface area contributed by atoms with Gasteiger partial charge in [0.05, 0.1) is 24.8 Å². The summed E-state index contributed by atoms with van der Waals surface area (Å²) in [6, 6.07) is 14.5. The standard InChI is InChI=1S/C21H23ClN2O4/c22-18-3-1-2-4-19(18)28-17-7-5-16(6-8-17)23-20(25)15-24-11-9-21(10-12-24)26-13-14-27-21/h1-8H,9-15H2,(H,23,25). The van der Waals surface area contributed by atoms with Gasteiger partial charge in [-0.2, -0.15) is 0 Å². The Labute approximate surface area is 169 Å². The van der Waals surface area contributed by atoms with Gasteiger partial charge in [-0.15, -0.1) is 0 Å². The number of rotatable bonds is 5. The van der Waals surface area contributed by atoms with E-state index in [4.69, 9.17) is 25.8 Å². The van der Waals surface area contributed by atoms with Crippen LogP contribution in [-0.2, 0) is 14.3 Å². The largest absolute Gasteiger partial charge is 0.456 e. The number of benzene rings is 2. The highest BCUT2D eigenvalue weighted by molar-refractivity contribution is 6.32. The van der Waals surface area contributed by atoms with E-state index < -0.39 is 5.79 Å². The molecule has 148 valence electrons. The van der Waals surface area contributed by atoms with Gasteiger partial charge in [0.1, 0.15) is 11.5 Å². The van der Waals surface area contributed by atoms with Gasteiger partial charge in [-0.25, -0.2) is 0 Å². The average molecular weight is 403 g/mol. The third-order valence-corrected chi connectivity index (χ3v) is 5.31. The predicted molar refractivity (Wildman–Crippen MR) is 107 cm³/mol. The van der Waals surface area contributed by atoms with Gasteiger partial charge < -0.3 is 19.5 Å². The van der Waals surface area contributed by atoms with Crippen molar-refractivity contribution in [2.24, 2.45) is 0 Å². The second kappa shape index (κ2) is 8.49. The molecule has 2 aromatic carbocycles. The average Bonchev–Trinajstić information content (AvgIpc) is 3.15. The molecule has 0 atom stereocenters. The maximum Gasteiger partial charge on any atom is 0.238 e. The zero-order valence-corrected chi connectivity index (χ0v) is 16.3. The SMILES string of the molecule is O=C(CN1CCC2(CC1)OCCO2)Nc1ccc(Oc2ccccc2Cl)cc1. The van der Waals surface area contributed by atoms with Crippen LogP contribution in [0.15, 0.2) is 48.5 Å². The van der Waals surface area contributed by atoms with E-state index in [1.54, 1.807) is 18.2 Å². The summed E-state index contributed by atoms with van der Waals surface area (Å²) in [5.74, 6) is 0.803. The van der Waals surface area contributed by atoms with Crippen molar-refractivity contribution in [3.63, 3.8) is 0 Å². The van der Waals surface area contributed by atoms with Gasteiger partial charge in [-0.05, 0) is 36.4 Å². The van der Waals surface area contributed by atoms with Crippen LogP contribution in [0, 0.1) is 0 Å². The Balaban J connectivity index is 1.26. The first-order valence-corrected chi connectivity index (χ1v) is 9.82. The Morgan fingerprint density at radius 2 is 1.75 bits per heavy atom. The number of ether oxygens (including phenoxy) is 3. The zero-order chi connectivity index (χ0) is 19.4. The van der Waals surface area contributed by atoms with E-state index in [2.05, 4.69) is 10.2 Å². The molecule has 1 N–H and O–H groups in total. The van der Waals surface area contributed by atoms with E-state index in [1.165, 1.54) is 0 Å². The van der Waals surface area contributed by atoms with E-state index in [1.807, 2.05) is 30.3 Å². The van der Waals surface area contributed by atoms with Crippen LogP contribution < -0.4 is 10.1 Å². The van der Waals surface area contributed by atoms with Crippen molar-refractivity contribution in [1.82, 2.24) is 4.90 Å². The summed E-state index contributed by atoms with van der Waals surface area (Å²) in [5, 5.41) is 3.48. The molecule has 1 amide bonds. The van der Waals surface area contributed by atoms with E-state index in [9.17, 15) is 4.79 Å². The molecule has 6 nitrogen and oxygen atoms in total. The molecule has 28 heavy (non-hydrogen) atoms. The first kappa shape index (κ1) is 19.2. The quantitative estimate of drug-likeness (QED) is 0.821. The van der Waals surface area contributed by atoms with Gasteiger partial charge in [-0.1, -0.05) is 23.7 Å². The monoisotopic (exact) mass is 402 g/mol. The zero-order valence-electron chi connectivity index (χ0n) is 15.5. The molecule has 0 radical (unpaired) electrons. The molecule has 1 spiro atoms. The van der Waals surface area contributed by atoms with Gasteiger partial charge in [0.25, 0.3) is 0 Å². The van der Waals surface area contributed by atoms with Gasteiger partial charge in [0.15, 0.2) is 5.79 Å². The number of amides is 1. The van der Waals surface area contributed by atoms with Crippen LogP contribution in [0.3, 0.4) is 0 Å². The lowest BCUT2D eigenvalue weighted by Crippen LogP contribution is -2.47. The summed E-state index contributed by atoms with van der Waals surface area (Å²) in [5.41, 5.74) is 0.729. The number of para-hydroxylation sites is 1. The van der Waals surface area contributed by atoms with Crippen LogP contribution in [0.2, 0.25) is 5.02 Å². The van der Waals surface area contributed by atoms with E-state index >= 15 is 0 Å². The third kappa shape index (κ3) is 4.64.